The lowest BCUT2D eigenvalue weighted by molar-refractivity contribution is -0.128. The van der Waals surface area contributed by atoms with Crippen molar-refractivity contribution in [3.8, 4) is 0 Å². The fraction of sp³-hybridized carbons (Fsp3) is 0.619. The summed E-state index contributed by atoms with van der Waals surface area (Å²) >= 11 is 0. The van der Waals surface area contributed by atoms with Crippen LogP contribution in [-0.4, -0.2) is 91.3 Å². The largest absolute Gasteiger partial charge is 0.467 e. The molecule has 31 heavy (non-hydrogen) atoms. The molecule has 4 rings (SSSR count). The second-order valence-corrected chi connectivity index (χ2v) is 10.8. The zero-order valence-electron chi connectivity index (χ0n) is 18.4. The SMILES string of the molecule is CC(C)[C@H]1C(=O)N(S(C)(=O)=O)C2=CCN(C(=O)c3ccoc3CN3CCN(C)CC3)[C@@H]21. The first-order valence-corrected chi connectivity index (χ1v) is 12.5. The van der Waals surface area contributed by atoms with Gasteiger partial charge in [0.1, 0.15) is 5.76 Å². The Morgan fingerprint density at radius 2 is 1.90 bits per heavy atom. The fourth-order valence-electron chi connectivity index (χ4n) is 4.80. The third kappa shape index (κ3) is 3.92. The van der Waals surface area contributed by atoms with Crippen molar-refractivity contribution in [2.24, 2.45) is 11.8 Å². The number of furan rings is 1. The number of nitrogens with zero attached hydrogens (tertiary/aromatic N) is 4. The number of piperazine rings is 1. The van der Waals surface area contributed by atoms with E-state index in [1.54, 1.807) is 17.0 Å². The molecule has 0 aliphatic carbocycles. The van der Waals surface area contributed by atoms with Crippen LogP contribution in [0.1, 0.15) is 30.0 Å². The Labute approximate surface area is 183 Å². The highest BCUT2D eigenvalue weighted by atomic mass is 32.2. The van der Waals surface area contributed by atoms with Gasteiger partial charge in [-0.3, -0.25) is 14.5 Å². The van der Waals surface area contributed by atoms with Crippen molar-refractivity contribution in [2.45, 2.75) is 26.4 Å². The van der Waals surface area contributed by atoms with E-state index >= 15 is 0 Å². The van der Waals surface area contributed by atoms with Crippen LogP contribution in [0, 0.1) is 11.8 Å². The van der Waals surface area contributed by atoms with Gasteiger partial charge in [0.25, 0.3) is 5.91 Å². The molecular weight excluding hydrogens is 420 g/mol. The van der Waals surface area contributed by atoms with Gasteiger partial charge in [-0.25, -0.2) is 12.7 Å². The van der Waals surface area contributed by atoms with E-state index in [-0.39, 0.29) is 18.4 Å². The van der Waals surface area contributed by atoms with E-state index in [1.165, 1.54) is 6.26 Å². The van der Waals surface area contributed by atoms with E-state index < -0.39 is 27.9 Å². The predicted molar refractivity (Wildman–Crippen MR) is 114 cm³/mol. The Morgan fingerprint density at radius 3 is 2.52 bits per heavy atom. The van der Waals surface area contributed by atoms with Gasteiger partial charge in [-0.05, 0) is 25.1 Å². The maximum Gasteiger partial charge on any atom is 0.258 e. The number of carbonyl (C=O) groups excluding carboxylic acids is 2. The average molecular weight is 451 g/mol. The standard InChI is InChI=1S/C21H30N4O5S/c1-14(2)18-19-16(25(21(18)27)31(4,28)29)5-7-24(19)20(26)15-6-12-30-17(15)13-23-10-8-22(3)9-11-23/h5-6,12,14,18-19H,7-11,13H2,1-4H3/t18-,19+/m1/s1. The second kappa shape index (κ2) is 8.07. The van der Waals surface area contributed by atoms with Crippen LogP contribution in [0.4, 0.5) is 0 Å². The Hall–Kier alpha value is -2.17. The van der Waals surface area contributed by atoms with Crippen molar-refractivity contribution in [3.05, 3.63) is 35.4 Å². The van der Waals surface area contributed by atoms with Gasteiger partial charge in [-0.2, -0.15) is 0 Å². The number of hydrogen-bond acceptors (Lipinski definition) is 7. The van der Waals surface area contributed by atoms with Crippen LogP contribution in [0.15, 0.2) is 28.5 Å². The van der Waals surface area contributed by atoms with Crippen molar-refractivity contribution >= 4 is 21.8 Å². The first-order valence-electron chi connectivity index (χ1n) is 10.6. The fourth-order valence-corrected chi connectivity index (χ4v) is 5.81. The molecule has 0 unspecified atom stereocenters. The van der Waals surface area contributed by atoms with Gasteiger partial charge >= 0.3 is 0 Å². The molecule has 9 nitrogen and oxygen atoms in total. The van der Waals surface area contributed by atoms with Crippen LogP contribution in [0.25, 0.3) is 0 Å². The molecule has 0 saturated carbocycles. The van der Waals surface area contributed by atoms with E-state index in [0.717, 1.165) is 36.7 Å². The Morgan fingerprint density at radius 1 is 1.23 bits per heavy atom. The lowest BCUT2D eigenvalue weighted by atomic mass is 9.89. The second-order valence-electron chi connectivity index (χ2n) is 9.00. The van der Waals surface area contributed by atoms with Crippen molar-refractivity contribution < 1.29 is 22.4 Å². The molecule has 170 valence electrons. The zero-order chi connectivity index (χ0) is 22.5. The van der Waals surface area contributed by atoms with Crippen molar-refractivity contribution in [3.63, 3.8) is 0 Å². The molecule has 2 atom stereocenters. The predicted octanol–water partition coefficient (Wildman–Crippen LogP) is 0.809. The van der Waals surface area contributed by atoms with Crippen molar-refractivity contribution in [1.29, 1.82) is 0 Å². The summed E-state index contributed by atoms with van der Waals surface area (Å²) in [6, 6.07) is 1.09. The highest BCUT2D eigenvalue weighted by molar-refractivity contribution is 7.89. The highest BCUT2D eigenvalue weighted by Crippen LogP contribution is 2.42. The van der Waals surface area contributed by atoms with Crippen LogP contribution in [0.2, 0.25) is 0 Å². The number of fused-ring (bicyclic) bond motifs is 1. The van der Waals surface area contributed by atoms with Crippen LogP contribution in [0.5, 0.6) is 0 Å². The minimum Gasteiger partial charge on any atom is -0.467 e. The first kappa shape index (κ1) is 22.0. The summed E-state index contributed by atoms with van der Waals surface area (Å²) in [6.45, 7) is 8.29. The number of amides is 2. The monoisotopic (exact) mass is 450 g/mol. The van der Waals surface area contributed by atoms with Crippen LogP contribution < -0.4 is 0 Å². The molecule has 3 aliphatic heterocycles. The topological polar surface area (TPSA) is 94.4 Å². The summed E-state index contributed by atoms with van der Waals surface area (Å²) in [6.07, 6.45) is 4.23. The molecule has 0 radical (unpaired) electrons. The molecule has 2 fully saturated rings. The maximum atomic E-state index is 13.5. The summed E-state index contributed by atoms with van der Waals surface area (Å²) in [5, 5.41) is 0. The highest BCUT2D eigenvalue weighted by Gasteiger charge is 2.55. The summed E-state index contributed by atoms with van der Waals surface area (Å²) < 4.78 is 31.1. The molecule has 2 saturated heterocycles. The van der Waals surface area contributed by atoms with E-state index in [0.29, 0.717) is 23.6 Å². The van der Waals surface area contributed by atoms with E-state index in [4.69, 9.17) is 4.42 Å². The summed E-state index contributed by atoms with van der Waals surface area (Å²) in [7, 11) is -1.67. The average Bonchev–Trinajstić information content (AvgIpc) is 3.36. The molecule has 4 heterocycles. The third-order valence-corrected chi connectivity index (χ3v) is 7.50. The van der Waals surface area contributed by atoms with Crippen LogP contribution in [-0.2, 0) is 21.4 Å². The molecule has 10 heteroatoms. The Bertz CT molecular complexity index is 1010. The maximum absolute atomic E-state index is 13.5. The lowest BCUT2D eigenvalue weighted by Crippen LogP contribution is -2.45. The summed E-state index contributed by atoms with van der Waals surface area (Å²) in [4.78, 5) is 32.6. The zero-order valence-corrected chi connectivity index (χ0v) is 19.3. The normalized spacial score (nSPS) is 25.5. The van der Waals surface area contributed by atoms with Crippen LogP contribution >= 0.6 is 0 Å². The van der Waals surface area contributed by atoms with E-state index in [2.05, 4.69) is 16.8 Å². The van der Waals surface area contributed by atoms with Crippen molar-refractivity contribution in [2.75, 3.05) is 46.0 Å². The Balaban J connectivity index is 1.58. The molecule has 0 aromatic carbocycles. The van der Waals surface area contributed by atoms with Gasteiger partial charge < -0.3 is 14.2 Å². The van der Waals surface area contributed by atoms with Crippen LogP contribution in [0.3, 0.4) is 0 Å². The first-order chi connectivity index (χ1) is 14.6. The smallest absolute Gasteiger partial charge is 0.258 e. The third-order valence-electron chi connectivity index (χ3n) is 6.45. The molecule has 0 bridgehead atoms. The molecule has 3 aliphatic rings. The van der Waals surface area contributed by atoms with Gasteiger partial charge in [0, 0.05) is 32.7 Å². The van der Waals surface area contributed by atoms with E-state index in [1.807, 2.05) is 13.8 Å². The number of hydrogen-bond donors (Lipinski definition) is 0. The molecule has 1 aromatic heterocycles. The molecule has 0 N–H and O–H groups in total. The van der Waals surface area contributed by atoms with Gasteiger partial charge in [0.2, 0.25) is 15.9 Å². The molecule has 0 spiro atoms. The number of likely N-dealkylation sites (N-methyl/N-ethyl adjacent to an activating group) is 1. The summed E-state index contributed by atoms with van der Waals surface area (Å²) in [5.41, 5.74) is 0.866. The molecule has 1 aromatic rings. The van der Waals surface area contributed by atoms with Gasteiger partial charge in [-0.15, -0.1) is 0 Å². The number of rotatable bonds is 5. The van der Waals surface area contributed by atoms with Crippen molar-refractivity contribution in [1.82, 2.24) is 19.0 Å². The number of sulfonamides is 1. The molecule has 2 amide bonds. The summed E-state index contributed by atoms with van der Waals surface area (Å²) in [5.74, 6) is -0.803. The molecular formula is C21H30N4O5S. The van der Waals surface area contributed by atoms with E-state index in [9.17, 15) is 18.0 Å². The lowest BCUT2D eigenvalue weighted by Gasteiger charge is -2.32. The minimum absolute atomic E-state index is 0.116. The van der Waals surface area contributed by atoms with Gasteiger partial charge in [0.05, 0.1) is 42.3 Å². The van der Waals surface area contributed by atoms with Gasteiger partial charge in [0.15, 0.2) is 0 Å². The minimum atomic E-state index is -3.76. The quantitative estimate of drug-likeness (QED) is 0.655. The Kier molecular flexibility index (Phi) is 5.74. The number of carbonyl (C=O) groups is 2. The van der Waals surface area contributed by atoms with Gasteiger partial charge in [-0.1, -0.05) is 13.8 Å².